The molecule has 1 N–H and O–H groups in total. The number of carbonyl (C=O) groups is 1. The Bertz CT molecular complexity index is 313. The molecule has 102 valence electrons. The second-order valence-electron chi connectivity index (χ2n) is 4.17. The van der Waals surface area contributed by atoms with Gasteiger partial charge in [-0.25, -0.2) is 8.42 Å². The van der Waals surface area contributed by atoms with E-state index in [1.165, 1.54) is 7.11 Å². The second-order valence-corrected chi connectivity index (χ2v) is 6.35. The summed E-state index contributed by atoms with van der Waals surface area (Å²) < 4.78 is 27.3. The van der Waals surface area contributed by atoms with Gasteiger partial charge in [0.05, 0.1) is 12.9 Å². The fraction of sp³-hybridized carbons (Fsp3) is 0.909. The van der Waals surface area contributed by atoms with Crippen LogP contribution in [-0.4, -0.2) is 45.6 Å². The monoisotopic (exact) mass is 265 g/mol. The van der Waals surface area contributed by atoms with E-state index in [1.807, 2.05) is 6.92 Å². The fourth-order valence-electron chi connectivity index (χ4n) is 1.41. The minimum Gasteiger partial charge on any atom is -0.468 e. The Morgan fingerprint density at radius 3 is 2.59 bits per heavy atom. The highest BCUT2D eigenvalue weighted by molar-refractivity contribution is 7.92. The molecule has 1 atom stereocenters. The van der Waals surface area contributed by atoms with Crippen molar-refractivity contribution in [2.24, 2.45) is 0 Å². The van der Waals surface area contributed by atoms with Gasteiger partial charge in [-0.2, -0.15) is 0 Å². The predicted octanol–water partition coefficient (Wildman–Crippen LogP) is 0.743. The van der Waals surface area contributed by atoms with Gasteiger partial charge in [-0.05, 0) is 32.7 Å². The van der Waals surface area contributed by atoms with Gasteiger partial charge >= 0.3 is 5.97 Å². The molecule has 0 radical (unpaired) electrons. The molecule has 0 saturated carbocycles. The van der Waals surface area contributed by atoms with Crippen molar-refractivity contribution in [3.8, 4) is 0 Å². The average Bonchev–Trinajstić information content (AvgIpc) is 2.25. The lowest BCUT2D eigenvalue weighted by atomic mass is 10.2. The van der Waals surface area contributed by atoms with Gasteiger partial charge in [-0.15, -0.1) is 0 Å². The average molecular weight is 265 g/mol. The molecule has 0 aliphatic rings. The van der Waals surface area contributed by atoms with Gasteiger partial charge in [0.15, 0.2) is 9.84 Å². The number of rotatable bonds is 9. The van der Waals surface area contributed by atoms with Crippen molar-refractivity contribution in [1.82, 2.24) is 5.32 Å². The number of hydrogen-bond donors (Lipinski definition) is 1. The minimum absolute atomic E-state index is 0.0419. The Kier molecular flexibility index (Phi) is 8.16. The highest BCUT2D eigenvalue weighted by atomic mass is 32.2. The van der Waals surface area contributed by atoms with Gasteiger partial charge in [0.2, 0.25) is 0 Å². The molecular formula is C11H23NO4S. The van der Waals surface area contributed by atoms with E-state index in [0.29, 0.717) is 12.5 Å². The zero-order chi connectivity index (χ0) is 13.3. The maximum Gasteiger partial charge on any atom is 0.320 e. The summed E-state index contributed by atoms with van der Waals surface area (Å²) in [7, 11) is -2.12. The van der Waals surface area contributed by atoms with Crippen LogP contribution in [0.3, 0.4) is 0 Å². The number of methoxy groups -OCH3 is 1. The molecule has 6 heteroatoms. The molecule has 0 rings (SSSR count). The molecule has 0 aromatic rings. The first kappa shape index (κ1) is 16.4. The molecule has 0 aromatic heterocycles. The maximum absolute atomic E-state index is 11.5. The maximum atomic E-state index is 11.5. The number of esters is 1. The van der Waals surface area contributed by atoms with Crippen molar-refractivity contribution in [3.63, 3.8) is 0 Å². The predicted molar refractivity (Wildman–Crippen MR) is 67.7 cm³/mol. The zero-order valence-corrected chi connectivity index (χ0v) is 11.7. The lowest BCUT2D eigenvalue weighted by Crippen LogP contribution is -2.27. The molecular weight excluding hydrogens is 242 g/mol. The molecule has 0 aliphatic carbocycles. The fourth-order valence-corrected chi connectivity index (χ4v) is 2.64. The van der Waals surface area contributed by atoms with Crippen LogP contribution < -0.4 is 5.32 Å². The summed E-state index contributed by atoms with van der Waals surface area (Å²) >= 11 is 0. The Labute approximate surface area is 104 Å². The van der Waals surface area contributed by atoms with E-state index in [9.17, 15) is 13.2 Å². The van der Waals surface area contributed by atoms with Crippen LogP contribution in [0, 0.1) is 0 Å². The van der Waals surface area contributed by atoms with Crippen LogP contribution in [0.5, 0.6) is 0 Å². The lowest BCUT2D eigenvalue weighted by Gasteiger charge is -2.12. The summed E-state index contributed by atoms with van der Waals surface area (Å²) in [5.41, 5.74) is 0. The highest BCUT2D eigenvalue weighted by Gasteiger charge is 2.16. The van der Waals surface area contributed by atoms with Gasteiger partial charge in [-0.1, -0.05) is 6.92 Å². The van der Waals surface area contributed by atoms with Crippen molar-refractivity contribution in [2.45, 2.75) is 39.2 Å². The summed E-state index contributed by atoms with van der Waals surface area (Å²) in [5, 5.41) is 3.28. The van der Waals surface area contributed by atoms with E-state index < -0.39 is 21.6 Å². The van der Waals surface area contributed by atoms with Crippen molar-refractivity contribution < 1.29 is 17.9 Å². The number of carbonyl (C=O) groups excluding carboxylic acids is 1. The van der Waals surface area contributed by atoms with Gasteiger partial charge < -0.3 is 10.1 Å². The number of sulfone groups is 1. The number of nitrogens with one attached hydrogen (secondary N) is 1. The molecule has 0 aliphatic heterocycles. The summed E-state index contributed by atoms with van der Waals surface area (Å²) in [6.45, 7) is 5.05. The molecule has 0 heterocycles. The van der Waals surface area contributed by atoms with Crippen LogP contribution >= 0.6 is 0 Å². The second kappa shape index (κ2) is 8.47. The van der Waals surface area contributed by atoms with Gasteiger partial charge in [-0.3, -0.25) is 4.79 Å². The van der Waals surface area contributed by atoms with Crippen molar-refractivity contribution in [3.05, 3.63) is 0 Å². The highest BCUT2D eigenvalue weighted by Crippen LogP contribution is 2.02. The lowest BCUT2D eigenvalue weighted by molar-refractivity contribution is -0.137. The summed E-state index contributed by atoms with van der Waals surface area (Å²) in [4.78, 5) is 10.9. The van der Waals surface area contributed by atoms with E-state index in [0.717, 1.165) is 19.4 Å². The third kappa shape index (κ3) is 9.12. The van der Waals surface area contributed by atoms with Crippen molar-refractivity contribution in [1.29, 1.82) is 0 Å². The third-order valence-electron chi connectivity index (χ3n) is 2.40. The van der Waals surface area contributed by atoms with Crippen LogP contribution in [0.1, 0.15) is 33.1 Å². The molecule has 0 aromatic carbocycles. The molecule has 0 saturated heterocycles. The summed E-state index contributed by atoms with van der Waals surface area (Å²) in [5.74, 6) is -1.16. The minimum atomic E-state index is -3.31. The quantitative estimate of drug-likeness (QED) is 0.623. The van der Waals surface area contributed by atoms with Crippen LogP contribution in [-0.2, 0) is 19.4 Å². The largest absolute Gasteiger partial charge is 0.468 e. The summed E-state index contributed by atoms with van der Waals surface area (Å²) in [6, 6.07) is 0.309. The molecule has 0 spiro atoms. The Morgan fingerprint density at radius 2 is 2.06 bits per heavy atom. The SMILES string of the molecule is CCCNC(C)CCCS(=O)(=O)CC(=O)OC. The standard InChI is InChI=1S/C11H23NO4S/c1-4-7-12-10(2)6-5-8-17(14,15)9-11(13)16-3/h10,12H,4-9H2,1-3H3. The Hall–Kier alpha value is -0.620. The topological polar surface area (TPSA) is 72.5 Å². The first-order valence-corrected chi connectivity index (χ1v) is 7.74. The van der Waals surface area contributed by atoms with Crippen molar-refractivity contribution >= 4 is 15.8 Å². The van der Waals surface area contributed by atoms with E-state index in [2.05, 4.69) is 17.0 Å². The molecule has 0 fully saturated rings. The van der Waals surface area contributed by atoms with Gasteiger partial charge in [0.25, 0.3) is 0 Å². The van der Waals surface area contributed by atoms with Crippen LogP contribution in [0.2, 0.25) is 0 Å². The Morgan fingerprint density at radius 1 is 1.41 bits per heavy atom. The van der Waals surface area contributed by atoms with Crippen LogP contribution in [0.15, 0.2) is 0 Å². The third-order valence-corrected chi connectivity index (χ3v) is 3.99. The first-order chi connectivity index (χ1) is 7.91. The molecule has 5 nitrogen and oxygen atoms in total. The molecule has 0 amide bonds. The van der Waals surface area contributed by atoms with Crippen LogP contribution in [0.25, 0.3) is 0 Å². The van der Waals surface area contributed by atoms with E-state index in [1.54, 1.807) is 0 Å². The van der Waals surface area contributed by atoms with E-state index >= 15 is 0 Å². The molecule has 0 bridgehead atoms. The normalized spacial score (nSPS) is 13.4. The Balaban J connectivity index is 3.83. The number of hydrogen-bond acceptors (Lipinski definition) is 5. The van der Waals surface area contributed by atoms with E-state index in [4.69, 9.17) is 0 Å². The van der Waals surface area contributed by atoms with E-state index in [-0.39, 0.29) is 5.75 Å². The van der Waals surface area contributed by atoms with Crippen molar-refractivity contribution in [2.75, 3.05) is 25.2 Å². The first-order valence-electron chi connectivity index (χ1n) is 5.92. The zero-order valence-electron chi connectivity index (χ0n) is 10.9. The number of ether oxygens (including phenoxy) is 1. The van der Waals surface area contributed by atoms with Gasteiger partial charge in [0, 0.05) is 6.04 Å². The molecule has 1 unspecified atom stereocenters. The smallest absolute Gasteiger partial charge is 0.320 e. The molecule has 17 heavy (non-hydrogen) atoms. The van der Waals surface area contributed by atoms with Gasteiger partial charge in [0.1, 0.15) is 5.75 Å². The van der Waals surface area contributed by atoms with Crippen LogP contribution in [0.4, 0.5) is 0 Å². The summed E-state index contributed by atoms with van der Waals surface area (Å²) in [6.07, 6.45) is 2.42.